The number of hydrazine groups is 1. The van der Waals surface area contributed by atoms with Gasteiger partial charge in [-0.25, -0.2) is 4.39 Å². The maximum Gasteiger partial charge on any atom is 0.253 e. The Hall–Kier alpha value is -1.62. The quantitative estimate of drug-likeness (QED) is 0.629. The second kappa shape index (κ2) is 6.85. The van der Waals surface area contributed by atoms with E-state index < -0.39 is 5.91 Å². The first-order chi connectivity index (χ1) is 8.11. The molecule has 0 aliphatic heterocycles. The molecule has 2 N–H and O–H groups in total. The van der Waals surface area contributed by atoms with Crippen LogP contribution >= 0.6 is 11.6 Å². The van der Waals surface area contributed by atoms with Gasteiger partial charge in [-0.1, -0.05) is 12.1 Å². The number of nitrogens with one attached hydrogen (secondary N) is 2. The van der Waals surface area contributed by atoms with E-state index in [1.54, 1.807) is 12.1 Å². The predicted octanol–water partition coefficient (Wildman–Crippen LogP) is 1.14. The van der Waals surface area contributed by atoms with E-state index in [1.807, 2.05) is 0 Å². The first-order valence-electron chi connectivity index (χ1n) is 5.00. The topological polar surface area (TPSA) is 58.2 Å². The summed E-state index contributed by atoms with van der Waals surface area (Å²) in [5, 5.41) is 0. The number of amides is 2. The summed E-state index contributed by atoms with van der Waals surface area (Å²) < 4.78 is 12.8. The van der Waals surface area contributed by atoms with Crippen LogP contribution in [0.3, 0.4) is 0 Å². The van der Waals surface area contributed by atoms with Gasteiger partial charge in [-0.2, -0.15) is 0 Å². The molecule has 1 aromatic rings. The molecule has 1 aromatic carbocycles. The Morgan fingerprint density at radius 2 is 1.94 bits per heavy atom. The van der Waals surface area contributed by atoms with E-state index in [2.05, 4.69) is 10.9 Å². The smallest absolute Gasteiger partial charge is 0.253 e. The number of carbonyl (C=O) groups excluding carboxylic acids is 2. The molecular weight excluding hydrogens is 247 g/mol. The van der Waals surface area contributed by atoms with Crippen LogP contribution in [0.25, 0.3) is 0 Å². The van der Waals surface area contributed by atoms with Crippen LogP contribution in [0.5, 0.6) is 0 Å². The Kier molecular flexibility index (Phi) is 5.42. The van der Waals surface area contributed by atoms with E-state index in [-0.39, 0.29) is 24.0 Å². The highest BCUT2D eigenvalue weighted by molar-refractivity contribution is 6.27. The number of benzene rings is 1. The molecule has 0 radical (unpaired) electrons. The summed E-state index contributed by atoms with van der Waals surface area (Å²) in [5.41, 5.74) is 5.06. The highest BCUT2D eigenvalue weighted by Gasteiger charge is 2.04. The van der Waals surface area contributed by atoms with Crippen molar-refractivity contribution in [3.05, 3.63) is 35.6 Å². The normalized spacial score (nSPS) is 9.76. The summed E-state index contributed by atoms with van der Waals surface area (Å²) in [6.45, 7) is 0. The standard InChI is InChI=1S/C11H12ClFN2O2/c12-7-11(17)15-14-10(16)5-4-8-2-1-3-9(13)6-8/h1-3,6H,4-5,7H2,(H,14,16)(H,15,17). The lowest BCUT2D eigenvalue weighted by atomic mass is 10.1. The molecule has 1 rings (SSSR count). The number of rotatable bonds is 4. The van der Waals surface area contributed by atoms with Gasteiger partial charge >= 0.3 is 0 Å². The van der Waals surface area contributed by atoms with Gasteiger partial charge in [0.1, 0.15) is 11.7 Å². The van der Waals surface area contributed by atoms with E-state index in [9.17, 15) is 14.0 Å². The molecule has 0 heterocycles. The average molecular weight is 259 g/mol. The lowest BCUT2D eigenvalue weighted by Crippen LogP contribution is -2.42. The van der Waals surface area contributed by atoms with Gasteiger partial charge in [0.2, 0.25) is 5.91 Å². The molecule has 0 unspecified atom stereocenters. The number of carbonyl (C=O) groups is 2. The highest BCUT2D eigenvalue weighted by Crippen LogP contribution is 2.05. The minimum Gasteiger partial charge on any atom is -0.273 e. The van der Waals surface area contributed by atoms with Gasteiger partial charge in [-0.15, -0.1) is 11.6 Å². The van der Waals surface area contributed by atoms with Gasteiger partial charge in [0.15, 0.2) is 0 Å². The fourth-order valence-electron chi connectivity index (χ4n) is 1.19. The van der Waals surface area contributed by atoms with Gasteiger partial charge in [0.25, 0.3) is 5.91 Å². The zero-order chi connectivity index (χ0) is 12.7. The van der Waals surface area contributed by atoms with Gasteiger partial charge in [-0.3, -0.25) is 20.4 Å². The third-order valence-corrected chi connectivity index (χ3v) is 2.24. The van der Waals surface area contributed by atoms with E-state index in [0.29, 0.717) is 6.42 Å². The summed E-state index contributed by atoms with van der Waals surface area (Å²) in [7, 11) is 0. The highest BCUT2D eigenvalue weighted by atomic mass is 35.5. The van der Waals surface area contributed by atoms with E-state index >= 15 is 0 Å². The second-order valence-corrected chi connectivity index (χ2v) is 3.63. The summed E-state index contributed by atoms with van der Waals surface area (Å²) in [5.74, 6) is -1.39. The SMILES string of the molecule is O=C(CCl)NNC(=O)CCc1cccc(F)c1. The molecular formula is C11H12ClFN2O2. The van der Waals surface area contributed by atoms with Gasteiger partial charge < -0.3 is 0 Å². The first kappa shape index (κ1) is 13.4. The van der Waals surface area contributed by atoms with Crippen LogP contribution in [0.1, 0.15) is 12.0 Å². The maximum absolute atomic E-state index is 12.8. The van der Waals surface area contributed by atoms with Crippen LogP contribution in [0, 0.1) is 5.82 Å². The number of hydrogen-bond donors (Lipinski definition) is 2. The molecule has 0 aliphatic carbocycles. The second-order valence-electron chi connectivity index (χ2n) is 3.36. The molecule has 0 spiro atoms. The van der Waals surface area contributed by atoms with Crippen molar-refractivity contribution < 1.29 is 14.0 Å². The fraction of sp³-hybridized carbons (Fsp3) is 0.273. The lowest BCUT2D eigenvalue weighted by Gasteiger charge is -2.05. The minimum atomic E-state index is -0.481. The van der Waals surface area contributed by atoms with Crippen molar-refractivity contribution in [2.24, 2.45) is 0 Å². The Bertz CT molecular complexity index is 412. The van der Waals surface area contributed by atoms with Gasteiger partial charge in [0, 0.05) is 6.42 Å². The Balaban J connectivity index is 2.31. The summed E-state index contributed by atoms with van der Waals surface area (Å²) in [4.78, 5) is 22.0. The van der Waals surface area contributed by atoms with E-state index in [1.165, 1.54) is 12.1 Å². The van der Waals surface area contributed by atoms with Crippen LogP contribution in [-0.4, -0.2) is 17.7 Å². The zero-order valence-corrected chi connectivity index (χ0v) is 9.76. The molecule has 0 fully saturated rings. The third-order valence-electron chi connectivity index (χ3n) is 1.99. The first-order valence-corrected chi connectivity index (χ1v) is 5.53. The van der Waals surface area contributed by atoms with Gasteiger partial charge in [-0.05, 0) is 24.1 Å². The number of halogens is 2. The summed E-state index contributed by atoms with van der Waals surface area (Å²) in [6.07, 6.45) is 0.562. The Labute approximate surface area is 103 Å². The molecule has 0 saturated carbocycles. The van der Waals surface area contributed by atoms with Crippen LogP contribution in [0.15, 0.2) is 24.3 Å². The third kappa shape index (κ3) is 5.31. The molecule has 17 heavy (non-hydrogen) atoms. The molecule has 0 saturated heterocycles. The summed E-state index contributed by atoms with van der Waals surface area (Å²) >= 11 is 5.22. The largest absolute Gasteiger partial charge is 0.273 e. The predicted molar refractivity (Wildman–Crippen MR) is 61.7 cm³/mol. The van der Waals surface area contributed by atoms with Crippen molar-refractivity contribution in [3.63, 3.8) is 0 Å². The molecule has 0 bridgehead atoms. The van der Waals surface area contributed by atoms with Crippen molar-refractivity contribution >= 4 is 23.4 Å². The molecule has 4 nitrogen and oxygen atoms in total. The molecule has 2 amide bonds. The van der Waals surface area contributed by atoms with E-state index in [0.717, 1.165) is 5.56 Å². The van der Waals surface area contributed by atoms with Crippen LogP contribution in [-0.2, 0) is 16.0 Å². The lowest BCUT2D eigenvalue weighted by molar-refractivity contribution is -0.127. The monoisotopic (exact) mass is 258 g/mol. The van der Waals surface area contributed by atoms with Crippen molar-refractivity contribution in [2.75, 3.05) is 5.88 Å². The molecule has 0 aromatic heterocycles. The Morgan fingerprint density at radius 3 is 2.59 bits per heavy atom. The molecule has 0 aliphatic rings. The fourth-order valence-corrected chi connectivity index (χ4v) is 1.25. The summed E-state index contributed by atoms with van der Waals surface area (Å²) in [6, 6.07) is 6.01. The van der Waals surface area contributed by atoms with Gasteiger partial charge in [0.05, 0.1) is 0 Å². The van der Waals surface area contributed by atoms with Crippen LogP contribution in [0.2, 0.25) is 0 Å². The zero-order valence-electron chi connectivity index (χ0n) is 9.00. The number of aryl methyl sites for hydroxylation is 1. The number of hydrogen-bond acceptors (Lipinski definition) is 2. The van der Waals surface area contributed by atoms with Crippen LogP contribution in [0.4, 0.5) is 4.39 Å². The maximum atomic E-state index is 12.8. The van der Waals surface area contributed by atoms with Crippen molar-refractivity contribution in [1.29, 1.82) is 0 Å². The van der Waals surface area contributed by atoms with Crippen molar-refractivity contribution in [1.82, 2.24) is 10.9 Å². The minimum absolute atomic E-state index is 0.159. The van der Waals surface area contributed by atoms with Crippen LogP contribution < -0.4 is 10.9 Å². The average Bonchev–Trinajstić information content (AvgIpc) is 2.33. The molecule has 0 atom stereocenters. The molecule has 6 heteroatoms. The Morgan fingerprint density at radius 1 is 1.24 bits per heavy atom. The van der Waals surface area contributed by atoms with Crippen molar-refractivity contribution in [3.8, 4) is 0 Å². The van der Waals surface area contributed by atoms with E-state index in [4.69, 9.17) is 11.6 Å². The number of alkyl halides is 1. The van der Waals surface area contributed by atoms with Crippen molar-refractivity contribution in [2.45, 2.75) is 12.8 Å². The molecule has 92 valence electrons.